The first kappa shape index (κ1) is 25.0. The van der Waals surface area contributed by atoms with Gasteiger partial charge in [-0.3, -0.25) is 9.69 Å². The lowest BCUT2D eigenvalue weighted by molar-refractivity contribution is -0.117. The van der Waals surface area contributed by atoms with E-state index < -0.39 is 5.97 Å². The number of nitrogens with zero attached hydrogens (tertiary/aromatic N) is 2. The van der Waals surface area contributed by atoms with Gasteiger partial charge in [-0.05, 0) is 42.8 Å². The van der Waals surface area contributed by atoms with Crippen molar-refractivity contribution in [3.8, 4) is 16.2 Å². The van der Waals surface area contributed by atoms with Crippen molar-refractivity contribution in [2.24, 2.45) is 0 Å². The SMILES string of the molecule is CCOC(=O)c1sc(-c2ccc(Cl)cc2)cc1NC(=O)CN1CCN(c2cccc(OC)c2)CC1. The minimum atomic E-state index is -0.445. The molecule has 184 valence electrons. The van der Waals surface area contributed by atoms with Gasteiger partial charge in [0.2, 0.25) is 5.91 Å². The lowest BCUT2D eigenvalue weighted by atomic mass is 10.2. The molecule has 1 N–H and O–H groups in total. The highest BCUT2D eigenvalue weighted by Crippen LogP contribution is 2.36. The number of hydrogen-bond donors (Lipinski definition) is 1. The molecule has 2 aromatic carbocycles. The number of hydrogen-bond acceptors (Lipinski definition) is 7. The molecule has 1 aromatic heterocycles. The maximum absolute atomic E-state index is 12.9. The predicted octanol–water partition coefficient (Wildman–Crippen LogP) is 5.01. The van der Waals surface area contributed by atoms with Crippen molar-refractivity contribution in [2.45, 2.75) is 6.92 Å². The zero-order valence-electron chi connectivity index (χ0n) is 19.8. The van der Waals surface area contributed by atoms with Crippen molar-refractivity contribution >= 4 is 46.2 Å². The summed E-state index contributed by atoms with van der Waals surface area (Å²) >= 11 is 7.30. The Labute approximate surface area is 214 Å². The van der Waals surface area contributed by atoms with Crippen molar-refractivity contribution in [2.75, 3.05) is 56.7 Å². The molecule has 1 amide bonds. The minimum absolute atomic E-state index is 0.161. The molecule has 9 heteroatoms. The second-order valence-corrected chi connectivity index (χ2v) is 9.58. The van der Waals surface area contributed by atoms with Gasteiger partial charge in [0.1, 0.15) is 10.6 Å². The molecule has 35 heavy (non-hydrogen) atoms. The monoisotopic (exact) mass is 513 g/mol. The van der Waals surface area contributed by atoms with E-state index in [-0.39, 0.29) is 19.1 Å². The summed E-state index contributed by atoms with van der Waals surface area (Å²) in [5, 5.41) is 3.56. The lowest BCUT2D eigenvalue weighted by Crippen LogP contribution is -2.48. The fraction of sp³-hybridized carbons (Fsp3) is 0.308. The highest BCUT2D eigenvalue weighted by molar-refractivity contribution is 7.18. The Kier molecular flexibility index (Phi) is 8.28. The molecule has 0 radical (unpaired) electrons. The summed E-state index contributed by atoms with van der Waals surface area (Å²) in [7, 11) is 1.66. The van der Waals surface area contributed by atoms with Crippen molar-refractivity contribution in [3.05, 3.63) is 64.5 Å². The summed E-state index contributed by atoms with van der Waals surface area (Å²) in [6, 6.07) is 17.2. The first-order valence-corrected chi connectivity index (χ1v) is 12.6. The third-order valence-electron chi connectivity index (χ3n) is 5.75. The summed E-state index contributed by atoms with van der Waals surface area (Å²) in [4.78, 5) is 31.1. The average molecular weight is 514 g/mol. The van der Waals surface area contributed by atoms with E-state index in [1.54, 1.807) is 26.2 Å². The van der Waals surface area contributed by atoms with Crippen LogP contribution in [-0.4, -0.2) is 63.2 Å². The highest BCUT2D eigenvalue weighted by Gasteiger charge is 2.23. The van der Waals surface area contributed by atoms with Crippen LogP contribution in [0.3, 0.4) is 0 Å². The number of nitrogens with one attached hydrogen (secondary N) is 1. The van der Waals surface area contributed by atoms with Crippen molar-refractivity contribution in [3.63, 3.8) is 0 Å². The first-order valence-electron chi connectivity index (χ1n) is 11.4. The minimum Gasteiger partial charge on any atom is -0.497 e. The predicted molar refractivity (Wildman–Crippen MR) is 141 cm³/mol. The number of carbonyl (C=O) groups excluding carboxylic acids is 2. The molecule has 0 bridgehead atoms. The Morgan fingerprint density at radius 2 is 1.80 bits per heavy atom. The van der Waals surface area contributed by atoms with Crippen molar-refractivity contribution in [1.29, 1.82) is 0 Å². The highest BCUT2D eigenvalue weighted by atomic mass is 35.5. The van der Waals surface area contributed by atoms with E-state index in [1.165, 1.54) is 11.3 Å². The number of methoxy groups -OCH3 is 1. The molecule has 0 spiro atoms. The maximum atomic E-state index is 12.9. The van der Waals surface area contributed by atoms with Crippen LogP contribution in [0.15, 0.2) is 54.6 Å². The molecule has 3 aromatic rings. The van der Waals surface area contributed by atoms with Crippen molar-refractivity contribution in [1.82, 2.24) is 4.90 Å². The first-order chi connectivity index (χ1) is 17.0. The largest absolute Gasteiger partial charge is 0.497 e. The number of esters is 1. The molecule has 1 aliphatic rings. The maximum Gasteiger partial charge on any atom is 0.350 e. The molecule has 0 unspecified atom stereocenters. The molecule has 1 saturated heterocycles. The van der Waals surface area contributed by atoms with Crippen LogP contribution in [-0.2, 0) is 9.53 Å². The van der Waals surface area contributed by atoms with Gasteiger partial charge in [0.05, 0.1) is 25.9 Å². The summed E-state index contributed by atoms with van der Waals surface area (Å²) in [6.45, 7) is 5.42. The molecule has 0 atom stereocenters. The molecule has 1 fully saturated rings. The van der Waals surface area contributed by atoms with Crippen LogP contribution >= 0.6 is 22.9 Å². The van der Waals surface area contributed by atoms with Gasteiger partial charge in [-0.1, -0.05) is 29.8 Å². The van der Waals surface area contributed by atoms with E-state index in [0.717, 1.165) is 48.1 Å². The number of piperazine rings is 1. The number of benzene rings is 2. The Bertz CT molecular complexity index is 1170. The van der Waals surface area contributed by atoms with Crippen LogP contribution in [0, 0.1) is 0 Å². The van der Waals surface area contributed by atoms with E-state index in [1.807, 2.05) is 36.4 Å². The van der Waals surface area contributed by atoms with Gasteiger partial charge in [-0.2, -0.15) is 0 Å². The van der Waals surface area contributed by atoms with E-state index in [9.17, 15) is 9.59 Å². The van der Waals surface area contributed by atoms with Gasteiger partial charge in [-0.25, -0.2) is 4.79 Å². The summed E-state index contributed by atoms with van der Waals surface area (Å²) < 4.78 is 10.5. The average Bonchev–Trinajstić information content (AvgIpc) is 3.28. The number of carbonyl (C=O) groups is 2. The molecular weight excluding hydrogens is 486 g/mol. The molecule has 0 aliphatic carbocycles. The van der Waals surface area contributed by atoms with Gasteiger partial charge >= 0.3 is 5.97 Å². The van der Waals surface area contributed by atoms with Crippen LogP contribution in [0.1, 0.15) is 16.6 Å². The van der Waals surface area contributed by atoms with Crippen LogP contribution < -0.4 is 15.0 Å². The number of ether oxygens (including phenoxy) is 2. The third kappa shape index (κ3) is 6.33. The van der Waals surface area contributed by atoms with E-state index >= 15 is 0 Å². The zero-order chi connectivity index (χ0) is 24.8. The summed E-state index contributed by atoms with van der Waals surface area (Å²) in [5.74, 6) is 0.223. The third-order valence-corrected chi connectivity index (χ3v) is 7.17. The molecule has 4 rings (SSSR count). The zero-order valence-corrected chi connectivity index (χ0v) is 21.3. The van der Waals surface area contributed by atoms with Gasteiger partial charge in [0, 0.05) is 47.8 Å². The second kappa shape index (κ2) is 11.6. The number of thiophene rings is 1. The van der Waals surface area contributed by atoms with Gasteiger partial charge < -0.3 is 19.7 Å². The fourth-order valence-corrected chi connectivity index (χ4v) is 5.09. The summed E-state index contributed by atoms with van der Waals surface area (Å²) in [6.07, 6.45) is 0. The number of halogens is 1. The quantitative estimate of drug-likeness (QED) is 0.427. The van der Waals surface area contributed by atoms with Crippen LogP contribution in [0.2, 0.25) is 5.02 Å². The van der Waals surface area contributed by atoms with E-state index in [0.29, 0.717) is 15.6 Å². The topological polar surface area (TPSA) is 71.1 Å². The molecule has 1 aliphatic heterocycles. The summed E-state index contributed by atoms with van der Waals surface area (Å²) in [5.41, 5.74) is 2.50. The number of anilines is 2. The van der Waals surface area contributed by atoms with Gasteiger partial charge in [-0.15, -0.1) is 11.3 Å². The van der Waals surface area contributed by atoms with Crippen LogP contribution in [0.5, 0.6) is 5.75 Å². The Balaban J connectivity index is 1.40. The smallest absolute Gasteiger partial charge is 0.350 e. The Hall–Kier alpha value is -3.07. The molecule has 2 heterocycles. The lowest BCUT2D eigenvalue weighted by Gasteiger charge is -2.35. The van der Waals surface area contributed by atoms with Crippen molar-refractivity contribution < 1.29 is 19.1 Å². The standard InChI is InChI=1S/C26H28ClN3O4S/c1-3-34-26(32)25-22(16-23(35-25)18-7-9-19(27)10-8-18)28-24(31)17-29-11-13-30(14-12-29)20-5-4-6-21(15-20)33-2/h4-10,15-16H,3,11-14,17H2,1-2H3,(H,28,31). The fourth-order valence-electron chi connectivity index (χ4n) is 3.95. The second-order valence-electron chi connectivity index (χ2n) is 8.09. The van der Waals surface area contributed by atoms with E-state index in [2.05, 4.69) is 21.2 Å². The molecule has 7 nitrogen and oxygen atoms in total. The number of amides is 1. The molecular formula is C26H28ClN3O4S. The van der Waals surface area contributed by atoms with Gasteiger partial charge in [0.15, 0.2) is 0 Å². The van der Waals surface area contributed by atoms with E-state index in [4.69, 9.17) is 21.1 Å². The molecule has 0 saturated carbocycles. The van der Waals surface area contributed by atoms with Gasteiger partial charge in [0.25, 0.3) is 0 Å². The van der Waals surface area contributed by atoms with Crippen LogP contribution in [0.25, 0.3) is 10.4 Å². The Morgan fingerprint density at radius 1 is 1.06 bits per heavy atom. The normalized spacial score (nSPS) is 14.0. The number of rotatable bonds is 8. The Morgan fingerprint density at radius 3 is 2.49 bits per heavy atom. The van der Waals surface area contributed by atoms with Crippen LogP contribution in [0.4, 0.5) is 11.4 Å².